The molecule has 1 aromatic carbocycles. The molecule has 0 aromatic heterocycles. The lowest BCUT2D eigenvalue weighted by Crippen LogP contribution is -2.22. The van der Waals surface area contributed by atoms with E-state index in [0.29, 0.717) is 16.7 Å². The predicted molar refractivity (Wildman–Crippen MR) is 60.6 cm³/mol. The number of carbonyl (C=O) groups excluding carboxylic acids is 1. The zero-order valence-corrected chi connectivity index (χ0v) is 9.76. The molecule has 0 saturated carbocycles. The molecule has 0 spiro atoms. The number of nitrogens with one attached hydrogen (secondary N) is 1. The maximum Gasteiger partial charge on any atom is 0.412 e. The van der Waals surface area contributed by atoms with Crippen molar-refractivity contribution in [2.24, 2.45) is 0 Å². The second-order valence-electron chi connectivity index (χ2n) is 3.48. The molecule has 3 nitrogen and oxygen atoms in total. The van der Waals surface area contributed by atoms with Gasteiger partial charge in [0.1, 0.15) is 0 Å². The molecule has 1 N–H and O–H groups in total. The number of ether oxygens (including phenoxy) is 1. The third-order valence-corrected chi connectivity index (χ3v) is 2.34. The fourth-order valence-electron chi connectivity index (χ4n) is 1.11. The van der Waals surface area contributed by atoms with Gasteiger partial charge in [-0.1, -0.05) is 31.5 Å². The number of halogens is 1. The zero-order valence-electron chi connectivity index (χ0n) is 9.00. The van der Waals surface area contributed by atoms with Crippen molar-refractivity contribution < 1.29 is 9.53 Å². The first-order chi connectivity index (χ1) is 7.04. The van der Waals surface area contributed by atoms with Crippen LogP contribution >= 0.6 is 11.6 Å². The lowest BCUT2D eigenvalue weighted by atomic mass is 10.0. The van der Waals surface area contributed by atoms with Gasteiger partial charge in [-0.2, -0.15) is 0 Å². The second-order valence-corrected chi connectivity index (χ2v) is 3.89. The summed E-state index contributed by atoms with van der Waals surface area (Å²) in [4.78, 5) is 11.0. The maximum atomic E-state index is 11.0. The minimum Gasteiger partial charge on any atom is -0.409 e. The molecule has 82 valence electrons. The minimum absolute atomic E-state index is 0.370. The number of hydrogen-bond donors (Lipinski definition) is 1. The molecule has 4 heteroatoms. The van der Waals surface area contributed by atoms with Crippen molar-refractivity contribution in [2.75, 3.05) is 7.05 Å². The van der Waals surface area contributed by atoms with Gasteiger partial charge in [0, 0.05) is 7.05 Å². The molecule has 15 heavy (non-hydrogen) atoms. The van der Waals surface area contributed by atoms with Gasteiger partial charge >= 0.3 is 6.09 Å². The minimum atomic E-state index is -0.516. The Kier molecular flexibility index (Phi) is 3.97. The smallest absolute Gasteiger partial charge is 0.409 e. The van der Waals surface area contributed by atoms with E-state index in [4.69, 9.17) is 16.3 Å². The Hall–Kier alpha value is -1.22. The monoisotopic (exact) mass is 227 g/mol. The molecule has 0 atom stereocenters. The summed E-state index contributed by atoms with van der Waals surface area (Å²) in [6.07, 6.45) is -0.516. The van der Waals surface area contributed by atoms with E-state index in [9.17, 15) is 4.79 Å². The van der Waals surface area contributed by atoms with Crippen LogP contribution in [0.5, 0.6) is 5.75 Å². The number of carbonyl (C=O) groups is 1. The van der Waals surface area contributed by atoms with Gasteiger partial charge in [0.15, 0.2) is 5.75 Å². The summed E-state index contributed by atoms with van der Waals surface area (Å²) >= 11 is 5.90. The summed E-state index contributed by atoms with van der Waals surface area (Å²) in [5.74, 6) is 0.761. The normalized spacial score (nSPS) is 10.2. The van der Waals surface area contributed by atoms with Gasteiger partial charge in [-0.05, 0) is 23.6 Å². The average Bonchev–Trinajstić information content (AvgIpc) is 2.20. The first-order valence-electron chi connectivity index (χ1n) is 4.73. The molecule has 0 bridgehead atoms. The summed E-state index contributed by atoms with van der Waals surface area (Å²) < 4.78 is 5.00. The van der Waals surface area contributed by atoms with Crippen LogP contribution in [0.4, 0.5) is 4.79 Å². The summed E-state index contributed by atoms with van der Waals surface area (Å²) in [6.45, 7) is 4.12. The van der Waals surface area contributed by atoms with Crippen LogP contribution in [-0.4, -0.2) is 13.1 Å². The molecule has 1 rings (SSSR count). The zero-order chi connectivity index (χ0) is 11.4. The molecule has 0 aliphatic heterocycles. The molecule has 0 heterocycles. The lowest BCUT2D eigenvalue weighted by molar-refractivity contribution is 0.203. The number of benzene rings is 1. The van der Waals surface area contributed by atoms with Crippen molar-refractivity contribution in [2.45, 2.75) is 19.8 Å². The Morgan fingerprint density at radius 1 is 1.47 bits per heavy atom. The van der Waals surface area contributed by atoms with Gasteiger partial charge in [-0.25, -0.2) is 4.79 Å². The van der Waals surface area contributed by atoms with E-state index in [1.54, 1.807) is 12.1 Å². The molecule has 0 saturated heterocycles. The van der Waals surface area contributed by atoms with E-state index >= 15 is 0 Å². The SMILES string of the molecule is CNC(=O)Oc1cc(C(C)C)ccc1Cl. The Morgan fingerprint density at radius 2 is 2.13 bits per heavy atom. The van der Waals surface area contributed by atoms with Crippen LogP contribution in [0.25, 0.3) is 0 Å². The van der Waals surface area contributed by atoms with Crippen LogP contribution in [0.1, 0.15) is 25.3 Å². The van der Waals surface area contributed by atoms with Crippen molar-refractivity contribution in [3.8, 4) is 5.75 Å². The van der Waals surface area contributed by atoms with E-state index in [2.05, 4.69) is 19.2 Å². The second kappa shape index (κ2) is 5.03. The highest BCUT2D eigenvalue weighted by Crippen LogP contribution is 2.28. The van der Waals surface area contributed by atoms with Gasteiger partial charge in [0.25, 0.3) is 0 Å². The Balaban J connectivity index is 2.95. The van der Waals surface area contributed by atoms with Crippen molar-refractivity contribution in [1.82, 2.24) is 5.32 Å². The lowest BCUT2D eigenvalue weighted by Gasteiger charge is -2.10. The molecule has 0 fully saturated rings. The van der Waals surface area contributed by atoms with E-state index in [1.165, 1.54) is 7.05 Å². The summed E-state index contributed by atoms with van der Waals surface area (Å²) in [6, 6.07) is 5.43. The van der Waals surface area contributed by atoms with Gasteiger partial charge < -0.3 is 10.1 Å². The van der Waals surface area contributed by atoms with Crippen molar-refractivity contribution in [3.63, 3.8) is 0 Å². The molecule has 0 radical (unpaired) electrons. The average molecular weight is 228 g/mol. The number of hydrogen-bond acceptors (Lipinski definition) is 2. The molecule has 1 aromatic rings. The number of amides is 1. The van der Waals surface area contributed by atoms with Crippen molar-refractivity contribution in [1.29, 1.82) is 0 Å². The third-order valence-electron chi connectivity index (χ3n) is 2.03. The van der Waals surface area contributed by atoms with Crippen molar-refractivity contribution >= 4 is 17.7 Å². The van der Waals surface area contributed by atoms with E-state index in [-0.39, 0.29) is 0 Å². The van der Waals surface area contributed by atoms with E-state index in [1.807, 2.05) is 6.07 Å². The van der Waals surface area contributed by atoms with Crippen LogP contribution in [0.15, 0.2) is 18.2 Å². The van der Waals surface area contributed by atoms with Gasteiger partial charge in [0.05, 0.1) is 5.02 Å². The molecule has 0 unspecified atom stereocenters. The Labute approximate surface area is 94.4 Å². The van der Waals surface area contributed by atoms with Crippen LogP contribution < -0.4 is 10.1 Å². The fraction of sp³-hybridized carbons (Fsp3) is 0.364. The first-order valence-corrected chi connectivity index (χ1v) is 5.11. The Bertz CT molecular complexity index is 364. The molecule has 0 aliphatic carbocycles. The molecule has 0 aliphatic rings. The standard InChI is InChI=1S/C11H14ClNO2/c1-7(2)8-4-5-9(12)10(6-8)15-11(14)13-3/h4-7H,1-3H3,(H,13,14). The maximum absolute atomic E-state index is 11.0. The predicted octanol–water partition coefficient (Wildman–Crippen LogP) is 3.18. The van der Waals surface area contributed by atoms with Crippen molar-refractivity contribution in [3.05, 3.63) is 28.8 Å². The van der Waals surface area contributed by atoms with Gasteiger partial charge in [0.2, 0.25) is 0 Å². The fourth-order valence-corrected chi connectivity index (χ4v) is 1.26. The molecular formula is C11H14ClNO2. The van der Waals surface area contributed by atoms with Crippen LogP contribution in [-0.2, 0) is 0 Å². The highest BCUT2D eigenvalue weighted by molar-refractivity contribution is 6.32. The third kappa shape index (κ3) is 3.13. The Morgan fingerprint density at radius 3 is 2.67 bits per heavy atom. The van der Waals surface area contributed by atoms with Gasteiger partial charge in [-0.15, -0.1) is 0 Å². The van der Waals surface area contributed by atoms with Gasteiger partial charge in [-0.3, -0.25) is 0 Å². The van der Waals surface area contributed by atoms with Crippen LogP contribution in [0, 0.1) is 0 Å². The molecule has 1 amide bonds. The van der Waals surface area contributed by atoms with Crippen LogP contribution in [0.2, 0.25) is 5.02 Å². The largest absolute Gasteiger partial charge is 0.412 e. The summed E-state index contributed by atoms with van der Waals surface area (Å²) in [5, 5.41) is 2.80. The van der Waals surface area contributed by atoms with E-state index in [0.717, 1.165) is 5.56 Å². The topological polar surface area (TPSA) is 38.3 Å². The summed E-state index contributed by atoms with van der Waals surface area (Å²) in [5.41, 5.74) is 1.08. The van der Waals surface area contributed by atoms with Crippen LogP contribution in [0.3, 0.4) is 0 Å². The summed E-state index contributed by atoms with van der Waals surface area (Å²) in [7, 11) is 1.50. The quantitative estimate of drug-likeness (QED) is 0.843. The van der Waals surface area contributed by atoms with E-state index < -0.39 is 6.09 Å². The molecular weight excluding hydrogens is 214 g/mol. The highest BCUT2D eigenvalue weighted by Gasteiger charge is 2.09. The highest BCUT2D eigenvalue weighted by atomic mass is 35.5. The number of rotatable bonds is 2. The first kappa shape index (κ1) is 11.9.